The molecule has 0 aromatic heterocycles. The van der Waals surface area contributed by atoms with Gasteiger partial charge in [0.05, 0.1) is 0 Å². The van der Waals surface area contributed by atoms with Crippen LogP contribution in [0.3, 0.4) is 0 Å². The van der Waals surface area contributed by atoms with Crippen LogP contribution in [0.15, 0.2) is 12.7 Å². The highest BCUT2D eigenvalue weighted by Gasteiger charge is 2.66. The highest BCUT2D eigenvalue weighted by Crippen LogP contribution is 2.69. The van der Waals surface area contributed by atoms with Gasteiger partial charge in [-0.05, 0) is 50.4 Å². The van der Waals surface area contributed by atoms with Crippen LogP contribution >= 0.6 is 7.37 Å². The van der Waals surface area contributed by atoms with Crippen molar-refractivity contribution in [2.24, 2.45) is 11.3 Å². The Balaban J connectivity index is 1.75. The molecule has 1 heterocycles. The Morgan fingerprint density at radius 1 is 1.18 bits per heavy atom. The van der Waals surface area contributed by atoms with E-state index < -0.39 is 66.0 Å². The van der Waals surface area contributed by atoms with Crippen LogP contribution in [0, 0.1) is 11.3 Å². The molecule has 0 radical (unpaired) electrons. The number of hydrogen-bond acceptors (Lipinski definition) is 6. The first-order chi connectivity index (χ1) is 17.6. The maximum Gasteiger partial charge on any atom is 0.408 e. The fraction of sp³-hybridized carbons (Fsp3) is 0.769. The molecule has 0 aromatic carbocycles. The minimum Gasteiger partial charge on any atom is -0.446 e. The summed E-state index contributed by atoms with van der Waals surface area (Å²) in [6, 6.07) is -1.80. The van der Waals surface area contributed by atoms with Gasteiger partial charge in [0, 0.05) is 26.6 Å². The van der Waals surface area contributed by atoms with E-state index in [2.05, 4.69) is 17.2 Å². The van der Waals surface area contributed by atoms with E-state index in [-0.39, 0.29) is 12.5 Å². The Morgan fingerprint density at radius 3 is 2.34 bits per heavy atom. The fourth-order valence-electron chi connectivity index (χ4n) is 5.38. The van der Waals surface area contributed by atoms with Gasteiger partial charge in [0.25, 0.3) is 0 Å². The number of nitrogens with one attached hydrogen (secondary N) is 2. The van der Waals surface area contributed by atoms with Crippen molar-refractivity contribution in [2.75, 3.05) is 26.8 Å². The molecule has 4 amide bonds. The van der Waals surface area contributed by atoms with Crippen LogP contribution in [0.2, 0.25) is 0 Å². The normalized spacial score (nSPS) is 27.7. The smallest absolute Gasteiger partial charge is 0.408 e. The predicted molar refractivity (Wildman–Crippen MR) is 142 cm³/mol. The lowest BCUT2D eigenvalue weighted by molar-refractivity contribution is -0.142. The Kier molecular flexibility index (Phi) is 9.03. The first-order valence-corrected chi connectivity index (χ1v) is 15.2. The third-order valence-electron chi connectivity index (χ3n) is 7.87. The number of ether oxygens (including phenoxy) is 1. The maximum absolute atomic E-state index is 13.7. The van der Waals surface area contributed by atoms with Gasteiger partial charge in [-0.3, -0.25) is 18.9 Å². The molecule has 1 aliphatic heterocycles. The third kappa shape index (κ3) is 6.42. The topological polar surface area (TPSA) is 145 Å². The zero-order chi connectivity index (χ0) is 28.5. The number of hydrogen-bond donors (Lipinski definition) is 3. The van der Waals surface area contributed by atoms with Crippen LogP contribution < -0.4 is 10.6 Å². The fourth-order valence-corrected chi connectivity index (χ4v) is 7.70. The Morgan fingerprint density at radius 2 is 1.82 bits per heavy atom. The van der Waals surface area contributed by atoms with Crippen LogP contribution in [-0.4, -0.2) is 88.8 Å². The van der Waals surface area contributed by atoms with Crippen molar-refractivity contribution in [3.63, 3.8) is 0 Å². The average Bonchev–Trinajstić information content (AvgIpc) is 3.16. The van der Waals surface area contributed by atoms with Crippen LogP contribution in [0.4, 0.5) is 4.79 Å². The quantitative estimate of drug-likeness (QED) is 0.293. The molecule has 11 nitrogen and oxygen atoms in total. The molecule has 214 valence electrons. The third-order valence-corrected chi connectivity index (χ3v) is 10.4. The average molecular weight is 555 g/mol. The molecule has 3 aliphatic rings. The summed E-state index contributed by atoms with van der Waals surface area (Å²) in [5.74, 6) is -1.93. The number of alkyl carbamates (subject to hydrolysis) is 1. The van der Waals surface area contributed by atoms with E-state index in [1.54, 1.807) is 0 Å². The van der Waals surface area contributed by atoms with E-state index in [1.807, 2.05) is 20.8 Å². The second kappa shape index (κ2) is 11.4. The van der Waals surface area contributed by atoms with Gasteiger partial charge in [0.1, 0.15) is 29.6 Å². The van der Waals surface area contributed by atoms with E-state index in [0.717, 1.165) is 25.7 Å². The lowest BCUT2D eigenvalue weighted by Crippen LogP contribution is -2.58. The van der Waals surface area contributed by atoms with Gasteiger partial charge < -0.3 is 30.1 Å². The molecule has 3 fully saturated rings. The van der Waals surface area contributed by atoms with E-state index in [4.69, 9.17) is 4.74 Å². The molecule has 0 aromatic rings. The zero-order valence-electron chi connectivity index (χ0n) is 23.2. The van der Waals surface area contributed by atoms with Crippen molar-refractivity contribution in [3.8, 4) is 0 Å². The standard InChI is InChI=1S/C26H43N4O7P/c1-7-17-15-26(17,38(35,36)16-20(31)29(5)6)28-22(32)19-13-10-14-30(19)23(33)21(25(2,3)4)27-24(34)37-18-11-8-9-12-18/h7,17-19,21H,1,8-16H2,2-6H3,(H,27,34)(H,28,32)(H,35,36)/t17-,19+,21?,26+/m1/s1. The van der Waals surface area contributed by atoms with Crippen molar-refractivity contribution in [1.82, 2.24) is 20.4 Å². The van der Waals surface area contributed by atoms with Gasteiger partial charge in [-0.2, -0.15) is 0 Å². The van der Waals surface area contributed by atoms with Crippen molar-refractivity contribution in [1.29, 1.82) is 0 Å². The highest BCUT2D eigenvalue weighted by atomic mass is 31.2. The van der Waals surface area contributed by atoms with E-state index >= 15 is 0 Å². The van der Waals surface area contributed by atoms with Crippen molar-refractivity contribution < 1.29 is 33.4 Å². The van der Waals surface area contributed by atoms with Crippen LogP contribution in [-0.2, 0) is 23.7 Å². The molecule has 3 rings (SSSR count). The highest BCUT2D eigenvalue weighted by molar-refractivity contribution is 7.61. The first-order valence-electron chi connectivity index (χ1n) is 13.4. The van der Waals surface area contributed by atoms with Crippen LogP contribution in [0.1, 0.15) is 65.7 Å². The predicted octanol–water partition coefficient (Wildman–Crippen LogP) is 2.44. The second-order valence-corrected chi connectivity index (χ2v) is 14.6. The summed E-state index contributed by atoms with van der Waals surface area (Å²) in [5.41, 5.74) is -0.658. The number of carbonyl (C=O) groups excluding carboxylic acids is 4. The van der Waals surface area contributed by atoms with Gasteiger partial charge in [-0.1, -0.05) is 26.8 Å². The second-order valence-electron chi connectivity index (χ2n) is 12.1. The Labute approximate surface area is 225 Å². The SMILES string of the molecule is C=C[C@@H]1C[C@]1(NC(=O)[C@@H]1CCCN1C(=O)C(NC(=O)OC1CCCC1)C(C)(C)C)P(=O)(O)CC(=O)N(C)C. The Bertz CT molecular complexity index is 1000. The summed E-state index contributed by atoms with van der Waals surface area (Å²) in [6.07, 6.45) is 4.86. The molecule has 0 spiro atoms. The number of rotatable bonds is 9. The molecular weight excluding hydrogens is 511 g/mol. The number of carbonyl (C=O) groups is 4. The van der Waals surface area contributed by atoms with E-state index in [0.29, 0.717) is 19.4 Å². The summed E-state index contributed by atoms with van der Waals surface area (Å²) in [4.78, 5) is 65.6. The van der Waals surface area contributed by atoms with Gasteiger partial charge in [0.2, 0.25) is 25.1 Å². The lowest BCUT2D eigenvalue weighted by Gasteiger charge is -2.36. The van der Waals surface area contributed by atoms with Crippen LogP contribution in [0.25, 0.3) is 0 Å². The molecule has 1 saturated heterocycles. The Hall–Kier alpha value is -2.39. The summed E-state index contributed by atoms with van der Waals surface area (Å²) >= 11 is 0. The van der Waals surface area contributed by atoms with Gasteiger partial charge >= 0.3 is 6.09 Å². The number of nitrogens with zero attached hydrogens (tertiary/aromatic N) is 2. The van der Waals surface area contributed by atoms with Crippen molar-refractivity contribution in [3.05, 3.63) is 12.7 Å². The molecule has 0 bridgehead atoms. The molecule has 2 saturated carbocycles. The van der Waals surface area contributed by atoms with Crippen molar-refractivity contribution >= 4 is 31.2 Å². The molecule has 2 unspecified atom stereocenters. The molecule has 5 atom stereocenters. The lowest BCUT2D eigenvalue weighted by atomic mass is 9.85. The van der Waals surface area contributed by atoms with Gasteiger partial charge in [0.15, 0.2) is 0 Å². The van der Waals surface area contributed by atoms with E-state index in [9.17, 15) is 28.6 Å². The van der Waals surface area contributed by atoms with Gasteiger partial charge in [-0.25, -0.2) is 4.79 Å². The van der Waals surface area contributed by atoms with Crippen LogP contribution in [0.5, 0.6) is 0 Å². The monoisotopic (exact) mass is 554 g/mol. The zero-order valence-corrected chi connectivity index (χ0v) is 24.1. The summed E-state index contributed by atoms with van der Waals surface area (Å²) < 4.78 is 18.9. The summed E-state index contributed by atoms with van der Waals surface area (Å²) in [7, 11) is -1.16. The number of amides is 4. The van der Waals surface area contributed by atoms with Crippen molar-refractivity contribution in [2.45, 2.75) is 89.2 Å². The largest absolute Gasteiger partial charge is 0.446 e. The molecule has 3 N–H and O–H groups in total. The van der Waals surface area contributed by atoms with E-state index in [1.165, 1.54) is 30.0 Å². The summed E-state index contributed by atoms with van der Waals surface area (Å²) in [6.45, 7) is 9.51. The molecule has 12 heteroatoms. The summed E-state index contributed by atoms with van der Waals surface area (Å²) in [5, 5.41) is 3.99. The number of likely N-dealkylation sites (tertiary alicyclic amines) is 1. The first kappa shape index (κ1) is 30.2. The molecule has 2 aliphatic carbocycles. The van der Waals surface area contributed by atoms with Gasteiger partial charge in [-0.15, -0.1) is 6.58 Å². The maximum atomic E-state index is 13.7. The molecular formula is C26H43N4O7P. The minimum absolute atomic E-state index is 0.155. The minimum atomic E-state index is -4.16. The molecule has 38 heavy (non-hydrogen) atoms.